The summed E-state index contributed by atoms with van der Waals surface area (Å²) in [6.07, 6.45) is 9.64. The van der Waals surface area contributed by atoms with Gasteiger partial charge in [-0.3, -0.25) is 14.6 Å². The van der Waals surface area contributed by atoms with Crippen molar-refractivity contribution in [3.63, 3.8) is 0 Å². The lowest BCUT2D eigenvalue weighted by Gasteiger charge is -2.14. The molecule has 1 unspecified atom stereocenters. The summed E-state index contributed by atoms with van der Waals surface area (Å²) in [5.41, 5.74) is 0.330. The van der Waals surface area contributed by atoms with Crippen molar-refractivity contribution >= 4 is 62.7 Å². The second-order valence-corrected chi connectivity index (χ2v) is 11.9. The molecule has 0 saturated carbocycles. The van der Waals surface area contributed by atoms with E-state index in [1.807, 2.05) is 17.5 Å². The molecule has 228 valence electrons. The summed E-state index contributed by atoms with van der Waals surface area (Å²) in [6, 6.07) is 0.152. The van der Waals surface area contributed by atoms with E-state index in [2.05, 4.69) is 35.9 Å². The van der Waals surface area contributed by atoms with Crippen molar-refractivity contribution in [3.05, 3.63) is 74.4 Å². The highest BCUT2D eigenvalue weighted by Gasteiger charge is 2.34. The van der Waals surface area contributed by atoms with Crippen LogP contribution >= 0.6 is 34.3 Å². The molecule has 1 aliphatic rings. The van der Waals surface area contributed by atoms with Gasteiger partial charge in [0.25, 0.3) is 5.91 Å². The van der Waals surface area contributed by atoms with Crippen LogP contribution < -0.4 is 16.0 Å². The number of aliphatic imine (C=N–C) groups is 1. The van der Waals surface area contributed by atoms with Gasteiger partial charge in [-0.05, 0) is 51.2 Å². The Bertz CT molecular complexity index is 1500. The van der Waals surface area contributed by atoms with Gasteiger partial charge in [0.1, 0.15) is 15.7 Å². The van der Waals surface area contributed by atoms with E-state index >= 15 is 0 Å². The van der Waals surface area contributed by atoms with Gasteiger partial charge in [0.2, 0.25) is 5.91 Å². The van der Waals surface area contributed by atoms with E-state index in [4.69, 9.17) is 11.6 Å². The molecule has 3 N–H and O–H groups in total. The number of hydrogen-bond acceptors (Lipinski definition) is 9. The molecule has 0 bridgehead atoms. The molecule has 0 fully saturated rings. The number of allylic oxidation sites excluding steroid dienone is 2. The van der Waals surface area contributed by atoms with E-state index in [1.165, 1.54) is 6.20 Å². The van der Waals surface area contributed by atoms with Gasteiger partial charge in [-0.2, -0.15) is 13.2 Å². The molecule has 0 aromatic carbocycles. The lowest BCUT2D eigenvalue weighted by molar-refractivity contribution is -0.137. The van der Waals surface area contributed by atoms with Gasteiger partial charge in [0.05, 0.1) is 22.8 Å². The zero-order valence-electron chi connectivity index (χ0n) is 23.1. The first-order valence-corrected chi connectivity index (χ1v) is 15.5. The molecule has 0 spiro atoms. The molecule has 4 heterocycles. The number of halogens is 4. The highest BCUT2D eigenvalue weighted by atomic mass is 35.5. The minimum Gasteiger partial charge on any atom is -0.362 e. The van der Waals surface area contributed by atoms with Crippen LogP contribution in [-0.4, -0.2) is 39.0 Å². The Balaban J connectivity index is 1.30. The van der Waals surface area contributed by atoms with Crippen molar-refractivity contribution in [2.45, 2.75) is 57.7 Å². The van der Waals surface area contributed by atoms with Crippen molar-refractivity contribution < 1.29 is 22.8 Å². The number of alkyl halides is 3. The summed E-state index contributed by atoms with van der Waals surface area (Å²) in [5, 5.41) is 11.3. The fourth-order valence-corrected chi connectivity index (χ4v) is 5.63. The number of nitrogens with zero attached hydrogens (tertiary/aromatic N) is 4. The largest absolute Gasteiger partial charge is 0.418 e. The van der Waals surface area contributed by atoms with Crippen LogP contribution in [0.1, 0.15) is 71.7 Å². The van der Waals surface area contributed by atoms with E-state index in [0.717, 1.165) is 60.6 Å². The number of unbranched alkanes of at least 4 members (excludes halogenated alkanes) is 2. The monoisotopic (exact) mass is 651 g/mol. The zero-order chi connectivity index (χ0) is 30.8. The van der Waals surface area contributed by atoms with Crippen molar-refractivity contribution in [1.82, 2.24) is 20.3 Å². The van der Waals surface area contributed by atoms with E-state index in [1.54, 1.807) is 30.7 Å². The smallest absolute Gasteiger partial charge is 0.362 e. The molecule has 3 aromatic rings. The molecule has 15 heteroatoms. The van der Waals surface area contributed by atoms with E-state index in [9.17, 15) is 22.8 Å². The fraction of sp³-hybridized carbons (Fsp3) is 0.357. The summed E-state index contributed by atoms with van der Waals surface area (Å²) in [6.45, 7) is 2.59. The number of hydrogen-bond donors (Lipinski definition) is 3. The fourth-order valence-electron chi connectivity index (χ4n) is 4.05. The molecule has 9 nitrogen and oxygen atoms in total. The molecule has 1 atom stereocenters. The Hall–Kier alpha value is -3.62. The van der Waals surface area contributed by atoms with Crippen LogP contribution in [0.15, 0.2) is 59.0 Å². The van der Waals surface area contributed by atoms with Crippen LogP contribution in [-0.2, 0) is 11.0 Å². The van der Waals surface area contributed by atoms with Crippen LogP contribution in [0.3, 0.4) is 0 Å². The van der Waals surface area contributed by atoms with E-state index in [-0.39, 0.29) is 16.6 Å². The van der Waals surface area contributed by atoms with Crippen molar-refractivity contribution in [3.8, 4) is 0 Å². The van der Waals surface area contributed by atoms with Crippen LogP contribution in [0.25, 0.3) is 0 Å². The van der Waals surface area contributed by atoms with Crippen LogP contribution in [0, 0.1) is 0 Å². The van der Waals surface area contributed by atoms with E-state index < -0.39 is 28.7 Å². The summed E-state index contributed by atoms with van der Waals surface area (Å²) in [7, 11) is 0. The molecular weight excluding hydrogens is 623 g/mol. The third-order valence-electron chi connectivity index (χ3n) is 6.24. The standard InChI is InChI=1S/C28H29ClF3N7O2S2/c1-17(26-37-16-22(43-26)25(41)39-23-14-20(28(30,31)32)21(29)15-36-23)38-24(40)18-7-4-6-9-33-19(13-18)8-3-2-5-10-34-27-35-11-12-42-27/h6,9,11-17H,2-5,7-8,10H2,1H3,(H,34,35)(H,38,40)(H,36,39,41)/b9-6-,18-13+,33-19+. The second-order valence-electron chi connectivity index (χ2n) is 9.55. The minimum absolute atomic E-state index is 0.146. The molecule has 1 aliphatic heterocycles. The lowest BCUT2D eigenvalue weighted by atomic mass is 10.0. The average molecular weight is 652 g/mol. The SMILES string of the molecule is CC(NC(=O)/C1=C/C(CCCCCNc2nccs2)=N/C=C\CC1)c1ncc(C(=O)Nc2cc(C(F)(F)F)c(Cl)cn2)s1. The topological polar surface area (TPSA) is 121 Å². The molecule has 0 radical (unpaired) electrons. The van der Waals surface area contributed by atoms with E-state index in [0.29, 0.717) is 29.5 Å². The Kier molecular flexibility index (Phi) is 11.4. The summed E-state index contributed by atoms with van der Waals surface area (Å²) in [5.74, 6) is -1.23. The highest BCUT2D eigenvalue weighted by molar-refractivity contribution is 7.14. The Morgan fingerprint density at radius 2 is 1.95 bits per heavy atom. The Labute approximate surface area is 259 Å². The summed E-state index contributed by atoms with van der Waals surface area (Å²) in [4.78, 5) is 42.7. The summed E-state index contributed by atoms with van der Waals surface area (Å²) >= 11 is 8.18. The number of thiazole rings is 2. The minimum atomic E-state index is -4.69. The first-order valence-electron chi connectivity index (χ1n) is 13.5. The number of carbonyl (C=O) groups excluding carboxylic acids is 2. The maximum Gasteiger partial charge on any atom is 0.418 e. The molecule has 43 heavy (non-hydrogen) atoms. The van der Waals surface area contributed by atoms with Gasteiger partial charge in [0, 0.05) is 41.8 Å². The maximum atomic E-state index is 13.2. The quantitative estimate of drug-likeness (QED) is 0.175. The van der Waals surface area contributed by atoms with Gasteiger partial charge in [-0.25, -0.2) is 15.0 Å². The first-order chi connectivity index (χ1) is 20.6. The number of anilines is 2. The normalized spacial score (nSPS) is 17.4. The van der Waals surface area contributed by atoms with Gasteiger partial charge in [0.15, 0.2) is 5.13 Å². The number of rotatable bonds is 12. The number of pyridine rings is 1. The number of aromatic nitrogens is 3. The number of carbonyl (C=O) groups is 2. The summed E-state index contributed by atoms with van der Waals surface area (Å²) < 4.78 is 39.4. The van der Waals surface area contributed by atoms with Crippen molar-refractivity contribution in [2.75, 3.05) is 17.2 Å². The predicted molar refractivity (Wildman–Crippen MR) is 164 cm³/mol. The third-order valence-corrected chi connectivity index (χ3v) is 8.46. The van der Waals surface area contributed by atoms with Gasteiger partial charge < -0.3 is 16.0 Å². The Morgan fingerprint density at radius 1 is 1.12 bits per heavy atom. The van der Waals surface area contributed by atoms with Crippen LogP contribution in [0.2, 0.25) is 5.02 Å². The third kappa shape index (κ3) is 9.70. The molecule has 4 rings (SSSR count). The van der Waals surface area contributed by atoms with Crippen molar-refractivity contribution in [2.24, 2.45) is 4.99 Å². The molecule has 2 amide bonds. The Morgan fingerprint density at radius 3 is 2.72 bits per heavy atom. The van der Waals surface area contributed by atoms with Crippen LogP contribution in [0.5, 0.6) is 0 Å². The highest BCUT2D eigenvalue weighted by Crippen LogP contribution is 2.35. The van der Waals surface area contributed by atoms with Gasteiger partial charge >= 0.3 is 6.18 Å². The van der Waals surface area contributed by atoms with Gasteiger partial charge in [-0.1, -0.05) is 24.1 Å². The molecule has 0 saturated heterocycles. The lowest BCUT2D eigenvalue weighted by Crippen LogP contribution is -2.28. The maximum absolute atomic E-state index is 13.2. The van der Waals surface area contributed by atoms with Gasteiger partial charge in [-0.15, -0.1) is 22.7 Å². The number of amides is 2. The zero-order valence-corrected chi connectivity index (χ0v) is 25.5. The van der Waals surface area contributed by atoms with Crippen LogP contribution in [0.4, 0.5) is 24.1 Å². The average Bonchev–Trinajstić information content (AvgIpc) is 3.65. The molecular formula is C28H29ClF3N7O2S2. The van der Waals surface area contributed by atoms with Crippen molar-refractivity contribution in [1.29, 1.82) is 0 Å². The molecule has 3 aromatic heterocycles. The number of nitrogens with one attached hydrogen (secondary N) is 3. The first kappa shape index (κ1) is 32.3. The molecule has 0 aliphatic carbocycles. The predicted octanol–water partition coefficient (Wildman–Crippen LogP) is 7.44. The second kappa shape index (κ2) is 15.2.